The highest BCUT2D eigenvalue weighted by molar-refractivity contribution is 7.91. The fourth-order valence-electron chi connectivity index (χ4n) is 3.46. The molecule has 1 saturated heterocycles. The van der Waals surface area contributed by atoms with Gasteiger partial charge < -0.3 is 15.5 Å². The predicted octanol–water partition coefficient (Wildman–Crippen LogP) is 1.000. The van der Waals surface area contributed by atoms with E-state index in [4.69, 9.17) is 0 Å². The Morgan fingerprint density at radius 1 is 1.26 bits per heavy atom. The van der Waals surface area contributed by atoms with Gasteiger partial charge in [0, 0.05) is 19.6 Å². The first-order valence-electron chi connectivity index (χ1n) is 10.4. The van der Waals surface area contributed by atoms with Gasteiger partial charge in [0.25, 0.3) is 0 Å². The monoisotopic (exact) mass is 505 g/mol. The molecule has 0 spiro atoms. The highest BCUT2D eigenvalue weighted by Crippen LogP contribution is 2.35. The van der Waals surface area contributed by atoms with Crippen LogP contribution < -0.4 is 16.0 Å². The van der Waals surface area contributed by atoms with Crippen molar-refractivity contribution in [1.82, 2.24) is 20.9 Å². The maximum Gasteiger partial charge on any atom is 0.407 e. The van der Waals surface area contributed by atoms with Crippen molar-refractivity contribution in [2.75, 3.05) is 31.1 Å². The fraction of sp³-hybridized carbons (Fsp3) is 0.550. The number of nitrogens with zero attached hydrogens (tertiary/aromatic N) is 2. The van der Waals surface area contributed by atoms with Gasteiger partial charge in [-0.05, 0) is 30.5 Å². The summed E-state index contributed by atoms with van der Waals surface area (Å²) >= 11 is 0. The quantitative estimate of drug-likeness (QED) is 0.407. The summed E-state index contributed by atoms with van der Waals surface area (Å²) in [6.07, 6.45) is -4.36. The smallest absolute Gasteiger partial charge is 0.336 e. The van der Waals surface area contributed by atoms with Gasteiger partial charge in [0.1, 0.15) is 23.4 Å². The van der Waals surface area contributed by atoms with Crippen molar-refractivity contribution in [2.45, 2.75) is 36.6 Å². The molecule has 34 heavy (non-hydrogen) atoms. The molecule has 3 N–H and O–H groups in total. The number of sulfone groups is 1. The lowest BCUT2D eigenvalue weighted by molar-refractivity contribution is -0.160. The number of halogens is 4. The molecule has 3 rings (SSSR count). The van der Waals surface area contributed by atoms with Gasteiger partial charge in [0.15, 0.2) is 9.84 Å². The van der Waals surface area contributed by atoms with Crippen LogP contribution in [0.5, 0.6) is 0 Å². The summed E-state index contributed by atoms with van der Waals surface area (Å²) in [5.74, 6) is -3.40. The zero-order valence-electron chi connectivity index (χ0n) is 17.9. The molecule has 1 aromatic carbocycles. The number of carbonyl (C=O) groups excluding carboxylic acids is 2. The van der Waals surface area contributed by atoms with Crippen molar-refractivity contribution in [3.8, 4) is 6.07 Å². The number of urea groups is 1. The lowest BCUT2D eigenvalue weighted by Gasteiger charge is -2.28. The second-order valence-corrected chi connectivity index (χ2v) is 10.5. The number of nitrogens with one attached hydrogen (secondary N) is 3. The molecule has 2 atom stereocenters. The Hall–Kier alpha value is -2.92. The minimum atomic E-state index is -4.94. The molecular formula is C20H23F4N5O4S. The van der Waals surface area contributed by atoms with Gasteiger partial charge in [-0.25, -0.2) is 17.6 Å². The van der Waals surface area contributed by atoms with Crippen molar-refractivity contribution in [3.05, 3.63) is 35.6 Å². The van der Waals surface area contributed by atoms with E-state index >= 15 is 0 Å². The van der Waals surface area contributed by atoms with Crippen molar-refractivity contribution >= 4 is 21.8 Å². The summed E-state index contributed by atoms with van der Waals surface area (Å²) in [6.45, 7) is 0.430. The van der Waals surface area contributed by atoms with Gasteiger partial charge in [-0.1, -0.05) is 12.1 Å². The molecule has 1 aromatic rings. The second-order valence-electron chi connectivity index (χ2n) is 8.26. The van der Waals surface area contributed by atoms with Crippen molar-refractivity contribution in [2.24, 2.45) is 0 Å². The van der Waals surface area contributed by atoms with Crippen molar-refractivity contribution in [3.63, 3.8) is 0 Å². The van der Waals surface area contributed by atoms with E-state index in [0.29, 0.717) is 19.4 Å². The molecule has 3 amide bonds. The fourth-order valence-corrected chi connectivity index (χ4v) is 4.88. The van der Waals surface area contributed by atoms with E-state index in [1.54, 1.807) is 0 Å². The maximum atomic E-state index is 13.8. The molecule has 0 aromatic heterocycles. The van der Waals surface area contributed by atoms with Gasteiger partial charge in [0.2, 0.25) is 5.91 Å². The Labute approximate surface area is 193 Å². The van der Waals surface area contributed by atoms with Crippen molar-refractivity contribution in [1.29, 1.82) is 5.26 Å². The number of amides is 3. The molecule has 14 heteroatoms. The van der Waals surface area contributed by atoms with E-state index in [1.807, 2.05) is 6.07 Å². The molecule has 1 heterocycles. The largest absolute Gasteiger partial charge is 0.407 e. The average molecular weight is 505 g/mol. The third-order valence-electron chi connectivity index (χ3n) is 5.58. The zero-order chi connectivity index (χ0) is 25.1. The van der Waals surface area contributed by atoms with Gasteiger partial charge in [0.05, 0.1) is 17.6 Å². The molecule has 186 valence electrons. The summed E-state index contributed by atoms with van der Waals surface area (Å²) in [6, 6.07) is 0.474. The SMILES string of the molecule is N#CC1(NC(=O)C(CS(=O)(=O)CCN2CCNC2=O)N[C@H](c2ccc(F)cc2)C(F)(F)F)CC1. The summed E-state index contributed by atoms with van der Waals surface area (Å²) in [4.78, 5) is 25.7. The Balaban J connectivity index is 1.81. The lowest BCUT2D eigenvalue weighted by Crippen LogP contribution is -2.54. The van der Waals surface area contributed by atoms with Crippen LogP contribution in [0.4, 0.5) is 22.4 Å². The highest BCUT2D eigenvalue weighted by Gasteiger charge is 2.48. The van der Waals surface area contributed by atoms with Gasteiger partial charge in [-0.3, -0.25) is 10.1 Å². The van der Waals surface area contributed by atoms with E-state index in [-0.39, 0.29) is 13.1 Å². The third-order valence-corrected chi connectivity index (χ3v) is 7.23. The first-order chi connectivity index (χ1) is 15.8. The summed E-state index contributed by atoms with van der Waals surface area (Å²) < 4.78 is 80.1. The van der Waals surface area contributed by atoms with Crippen LogP contribution in [0.2, 0.25) is 0 Å². The number of rotatable bonds is 10. The predicted molar refractivity (Wildman–Crippen MR) is 111 cm³/mol. The number of benzene rings is 1. The standard InChI is InChI=1S/C20H23F4N5O4S/c21-14-3-1-13(2-4-14)16(20(22,23)24)27-15(17(30)28-19(12-25)5-6-19)11-34(32,33)10-9-29-8-7-26-18(29)31/h1-4,15-16,27H,5-11H2,(H,26,31)(H,28,30)/t15?,16-/m1/s1. The number of nitriles is 1. The molecule has 1 unspecified atom stereocenters. The maximum absolute atomic E-state index is 13.8. The molecular weight excluding hydrogens is 482 g/mol. The highest BCUT2D eigenvalue weighted by atomic mass is 32.2. The van der Waals surface area contributed by atoms with Crippen LogP contribution in [0.15, 0.2) is 24.3 Å². The number of hydrogen-bond donors (Lipinski definition) is 3. The van der Waals surface area contributed by atoms with Gasteiger partial charge in [-0.2, -0.15) is 18.4 Å². The summed E-state index contributed by atoms with van der Waals surface area (Å²) in [7, 11) is -4.11. The average Bonchev–Trinajstić information content (AvgIpc) is 3.41. The van der Waals surface area contributed by atoms with Crippen LogP contribution in [0.1, 0.15) is 24.4 Å². The van der Waals surface area contributed by atoms with E-state index in [1.165, 1.54) is 4.90 Å². The zero-order valence-corrected chi connectivity index (χ0v) is 18.7. The Kier molecular flexibility index (Phi) is 7.37. The van der Waals surface area contributed by atoms with E-state index < -0.39 is 68.5 Å². The van der Waals surface area contributed by atoms with E-state index in [2.05, 4.69) is 16.0 Å². The summed E-state index contributed by atoms with van der Waals surface area (Å²) in [5.41, 5.74) is -1.66. The lowest BCUT2D eigenvalue weighted by atomic mass is 10.0. The van der Waals surface area contributed by atoms with Gasteiger partial charge >= 0.3 is 12.2 Å². The Morgan fingerprint density at radius 2 is 1.91 bits per heavy atom. The number of hydrogen-bond acceptors (Lipinski definition) is 6. The van der Waals surface area contributed by atoms with Crippen LogP contribution >= 0.6 is 0 Å². The number of carbonyl (C=O) groups is 2. The molecule has 0 bridgehead atoms. The summed E-state index contributed by atoms with van der Waals surface area (Å²) in [5, 5.41) is 16.1. The van der Waals surface area contributed by atoms with Crippen LogP contribution in [-0.4, -0.2) is 74.2 Å². The molecule has 2 aliphatic rings. The topological polar surface area (TPSA) is 131 Å². The molecule has 1 aliphatic heterocycles. The van der Waals surface area contributed by atoms with E-state index in [0.717, 1.165) is 24.3 Å². The molecule has 0 radical (unpaired) electrons. The Bertz CT molecular complexity index is 1070. The van der Waals surface area contributed by atoms with Crippen LogP contribution in [0.3, 0.4) is 0 Å². The molecule has 1 aliphatic carbocycles. The first kappa shape index (κ1) is 25.7. The molecule has 2 fully saturated rings. The second kappa shape index (κ2) is 9.75. The molecule has 9 nitrogen and oxygen atoms in total. The minimum Gasteiger partial charge on any atom is -0.336 e. The molecule has 1 saturated carbocycles. The van der Waals surface area contributed by atoms with Crippen molar-refractivity contribution < 1.29 is 35.6 Å². The van der Waals surface area contributed by atoms with E-state index in [9.17, 15) is 40.8 Å². The third kappa shape index (κ3) is 6.57. The van der Waals surface area contributed by atoms with Crippen LogP contribution in [-0.2, 0) is 14.6 Å². The first-order valence-corrected chi connectivity index (χ1v) is 12.2. The normalized spacial score (nSPS) is 19.1. The minimum absolute atomic E-state index is 0.189. The van der Waals surface area contributed by atoms with Gasteiger partial charge in [-0.15, -0.1) is 0 Å². The number of alkyl halides is 3. The van der Waals surface area contributed by atoms with Crippen LogP contribution in [0.25, 0.3) is 0 Å². The Morgan fingerprint density at radius 3 is 2.41 bits per heavy atom. The van der Waals surface area contributed by atoms with Crippen LogP contribution in [0, 0.1) is 17.1 Å².